The Bertz CT molecular complexity index is 847. The molecule has 2 aromatic rings. The highest BCUT2D eigenvalue weighted by molar-refractivity contribution is 7.89. The number of sulfonamides is 1. The van der Waals surface area contributed by atoms with E-state index in [4.69, 9.17) is 11.6 Å². The van der Waals surface area contributed by atoms with E-state index in [0.717, 1.165) is 12.8 Å². The number of carbonyl (C=O) groups is 1. The van der Waals surface area contributed by atoms with E-state index in [1.807, 2.05) is 13.8 Å². The number of hydrogen-bond acceptors (Lipinski definition) is 3. The lowest BCUT2D eigenvalue weighted by Crippen LogP contribution is -2.32. The Kier molecular flexibility index (Phi) is 7.65. The second kappa shape index (κ2) is 9.73. The van der Waals surface area contributed by atoms with Gasteiger partial charge in [0.2, 0.25) is 10.0 Å². The Morgan fingerprint density at radius 2 is 1.33 bits per heavy atom. The van der Waals surface area contributed by atoms with Gasteiger partial charge in [-0.05, 0) is 61.4 Å². The molecule has 0 aliphatic carbocycles. The third-order valence-electron chi connectivity index (χ3n) is 3.80. The van der Waals surface area contributed by atoms with Gasteiger partial charge in [0.15, 0.2) is 0 Å². The lowest BCUT2D eigenvalue weighted by molar-refractivity contribution is 0.262. The van der Waals surface area contributed by atoms with Crippen LogP contribution in [0.25, 0.3) is 0 Å². The second-order valence-corrected chi connectivity index (χ2v) is 8.39. The summed E-state index contributed by atoms with van der Waals surface area (Å²) in [5, 5.41) is 5.93. The van der Waals surface area contributed by atoms with Gasteiger partial charge in [-0.3, -0.25) is 0 Å². The van der Waals surface area contributed by atoms with Gasteiger partial charge in [-0.15, -0.1) is 0 Å². The van der Waals surface area contributed by atoms with Crippen molar-refractivity contribution in [2.75, 3.05) is 23.7 Å². The summed E-state index contributed by atoms with van der Waals surface area (Å²) >= 11 is 5.81. The molecule has 2 aromatic carbocycles. The molecule has 2 N–H and O–H groups in total. The van der Waals surface area contributed by atoms with Crippen molar-refractivity contribution < 1.29 is 13.2 Å². The number of carbonyl (C=O) groups excluding carboxylic acids is 1. The summed E-state index contributed by atoms with van der Waals surface area (Å²) in [5.74, 6) is 0. The van der Waals surface area contributed by atoms with Crippen LogP contribution in [0.3, 0.4) is 0 Å². The Morgan fingerprint density at radius 1 is 0.889 bits per heavy atom. The molecule has 6 nitrogen and oxygen atoms in total. The third-order valence-corrected chi connectivity index (χ3v) is 5.96. The molecule has 27 heavy (non-hydrogen) atoms. The number of amides is 2. The molecule has 0 radical (unpaired) electrons. The largest absolute Gasteiger partial charge is 0.323 e. The van der Waals surface area contributed by atoms with E-state index in [1.54, 1.807) is 36.4 Å². The van der Waals surface area contributed by atoms with Crippen molar-refractivity contribution in [3.63, 3.8) is 0 Å². The highest BCUT2D eigenvalue weighted by Gasteiger charge is 2.22. The van der Waals surface area contributed by atoms with Crippen molar-refractivity contribution in [3.05, 3.63) is 53.6 Å². The van der Waals surface area contributed by atoms with Crippen molar-refractivity contribution in [2.24, 2.45) is 0 Å². The Balaban J connectivity index is 2.05. The molecule has 2 rings (SSSR count). The van der Waals surface area contributed by atoms with Gasteiger partial charge in [-0.25, -0.2) is 13.2 Å². The van der Waals surface area contributed by atoms with E-state index in [0.29, 0.717) is 29.5 Å². The number of nitrogens with one attached hydrogen (secondary N) is 2. The standard InChI is InChI=1S/C19H24ClN3O3S/c1-3-13-23(14-4-2)27(25,26)18-11-9-17(10-12-18)22-19(24)21-16-7-5-15(20)6-8-16/h5-12H,3-4,13-14H2,1-2H3,(H2,21,22,24). The van der Waals surface area contributed by atoms with Crippen LogP contribution < -0.4 is 10.6 Å². The van der Waals surface area contributed by atoms with E-state index in [2.05, 4.69) is 10.6 Å². The third kappa shape index (κ3) is 5.95. The molecule has 0 unspecified atom stereocenters. The fourth-order valence-electron chi connectivity index (χ4n) is 2.54. The zero-order valence-corrected chi connectivity index (χ0v) is 17.0. The first-order valence-electron chi connectivity index (χ1n) is 8.80. The summed E-state index contributed by atoms with van der Waals surface area (Å²) in [7, 11) is -3.53. The highest BCUT2D eigenvalue weighted by Crippen LogP contribution is 2.20. The monoisotopic (exact) mass is 409 g/mol. The van der Waals surface area contributed by atoms with Crippen molar-refractivity contribution in [2.45, 2.75) is 31.6 Å². The maximum atomic E-state index is 12.7. The Labute approximate surface area is 165 Å². The number of benzene rings is 2. The molecular formula is C19H24ClN3O3S. The maximum Gasteiger partial charge on any atom is 0.323 e. The normalized spacial score (nSPS) is 11.4. The first-order valence-corrected chi connectivity index (χ1v) is 10.6. The molecule has 146 valence electrons. The molecule has 0 fully saturated rings. The molecule has 0 aliphatic heterocycles. The minimum Gasteiger partial charge on any atom is -0.308 e. The lowest BCUT2D eigenvalue weighted by Gasteiger charge is -2.21. The number of hydrogen-bond donors (Lipinski definition) is 2. The van der Waals surface area contributed by atoms with E-state index in [9.17, 15) is 13.2 Å². The van der Waals surface area contributed by atoms with Crippen molar-refractivity contribution in [1.82, 2.24) is 4.31 Å². The number of halogens is 1. The molecule has 0 heterocycles. The molecule has 2 amide bonds. The predicted octanol–water partition coefficient (Wildman–Crippen LogP) is 4.79. The second-order valence-electron chi connectivity index (χ2n) is 6.01. The zero-order chi connectivity index (χ0) is 19.9. The molecule has 0 saturated heterocycles. The molecule has 0 aromatic heterocycles. The lowest BCUT2D eigenvalue weighted by atomic mass is 10.3. The zero-order valence-electron chi connectivity index (χ0n) is 15.4. The maximum absolute atomic E-state index is 12.7. The first-order chi connectivity index (χ1) is 12.9. The van der Waals surface area contributed by atoms with Crippen LogP contribution in [-0.4, -0.2) is 31.8 Å². The Hall–Kier alpha value is -2.09. The molecule has 0 saturated carbocycles. The topological polar surface area (TPSA) is 78.5 Å². The van der Waals surface area contributed by atoms with Gasteiger partial charge in [-0.2, -0.15) is 4.31 Å². The number of urea groups is 1. The Morgan fingerprint density at radius 3 is 1.78 bits per heavy atom. The number of anilines is 2. The van der Waals surface area contributed by atoms with E-state index in [-0.39, 0.29) is 4.90 Å². The summed E-state index contributed by atoms with van der Waals surface area (Å²) in [5.41, 5.74) is 1.10. The average Bonchev–Trinajstić information content (AvgIpc) is 2.64. The molecule has 8 heteroatoms. The first kappa shape index (κ1) is 21.2. The quantitative estimate of drug-likeness (QED) is 0.657. The van der Waals surface area contributed by atoms with Crippen molar-refractivity contribution in [3.8, 4) is 0 Å². The molecule has 0 atom stereocenters. The van der Waals surface area contributed by atoms with E-state index < -0.39 is 16.1 Å². The van der Waals surface area contributed by atoms with Gasteiger partial charge >= 0.3 is 6.03 Å². The summed E-state index contributed by atoms with van der Waals surface area (Å²) in [6.07, 6.45) is 1.51. The van der Waals surface area contributed by atoms with Gasteiger partial charge < -0.3 is 10.6 Å². The number of nitrogens with zero attached hydrogens (tertiary/aromatic N) is 1. The van der Waals surface area contributed by atoms with Gasteiger partial charge in [0, 0.05) is 29.5 Å². The van der Waals surface area contributed by atoms with E-state index in [1.165, 1.54) is 16.4 Å². The smallest absolute Gasteiger partial charge is 0.308 e. The molecular weight excluding hydrogens is 386 g/mol. The fourth-order valence-corrected chi connectivity index (χ4v) is 4.29. The minimum atomic E-state index is -3.53. The van der Waals surface area contributed by atoms with Crippen LogP contribution in [0, 0.1) is 0 Å². The van der Waals surface area contributed by atoms with Crippen molar-refractivity contribution in [1.29, 1.82) is 0 Å². The van der Waals surface area contributed by atoms with Crippen LogP contribution in [0.5, 0.6) is 0 Å². The van der Waals surface area contributed by atoms with Crippen LogP contribution in [0.4, 0.5) is 16.2 Å². The average molecular weight is 410 g/mol. The van der Waals surface area contributed by atoms with Crippen LogP contribution >= 0.6 is 11.6 Å². The summed E-state index contributed by atoms with van der Waals surface area (Å²) in [6.45, 7) is 4.87. The fraction of sp³-hybridized carbons (Fsp3) is 0.316. The SMILES string of the molecule is CCCN(CCC)S(=O)(=O)c1ccc(NC(=O)Nc2ccc(Cl)cc2)cc1. The molecule has 0 spiro atoms. The van der Waals surface area contributed by atoms with Crippen LogP contribution in [0.1, 0.15) is 26.7 Å². The molecule has 0 aliphatic rings. The van der Waals surface area contributed by atoms with Crippen LogP contribution in [-0.2, 0) is 10.0 Å². The van der Waals surface area contributed by atoms with Gasteiger partial charge in [0.05, 0.1) is 4.90 Å². The summed E-state index contributed by atoms with van der Waals surface area (Å²) in [4.78, 5) is 12.3. The van der Waals surface area contributed by atoms with Gasteiger partial charge in [-0.1, -0.05) is 25.4 Å². The van der Waals surface area contributed by atoms with E-state index >= 15 is 0 Å². The van der Waals surface area contributed by atoms with Gasteiger partial charge in [0.25, 0.3) is 0 Å². The van der Waals surface area contributed by atoms with Gasteiger partial charge in [0.1, 0.15) is 0 Å². The highest BCUT2D eigenvalue weighted by atomic mass is 35.5. The summed E-state index contributed by atoms with van der Waals surface area (Å²) < 4.78 is 26.9. The minimum absolute atomic E-state index is 0.216. The summed E-state index contributed by atoms with van der Waals surface area (Å²) in [6, 6.07) is 12.5. The van der Waals surface area contributed by atoms with Crippen LogP contribution in [0.15, 0.2) is 53.4 Å². The van der Waals surface area contributed by atoms with Crippen molar-refractivity contribution >= 4 is 39.0 Å². The number of rotatable bonds is 8. The van der Waals surface area contributed by atoms with Crippen LogP contribution in [0.2, 0.25) is 5.02 Å². The molecule has 0 bridgehead atoms. The predicted molar refractivity (Wildman–Crippen MR) is 110 cm³/mol.